The van der Waals surface area contributed by atoms with Crippen LogP contribution in [0.4, 0.5) is 18.9 Å². The highest BCUT2D eigenvalue weighted by atomic mass is 19.2. The maximum absolute atomic E-state index is 13.8. The molecule has 1 unspecified atom stereocenters. The van der Waals surface area contributed by atoms with Crippen LogP contribution in [-0.4, -0.2) is 27.5 Å². The van der Waals surface area contributed by atoms with Crippen molar-refractivity contribution >= 4 is 28.5 Å². The first-order valence-electron chi connectivity index (χ1n) is 10.4. The molecular weight excluding hydrogens is 439 g/mol. The first-order valence-corrected chi connectivity index (χ1v) is 10.4. The van der Waals surface area contributed by atoms with E-state index in [0.717, 1.165) is 25.3 Å². The number of nitrogens with zero attached hydrogens (tertiary/aromatic N) is 2. The SMILES string of the molecule is CC(OC(=O)c1ccc2c(=O)n3c(nc2c1)CCCCC3)C(=O)Nc1ccc(F)c(F)c1F. The molecule has 1 amide bonds. The fourth-order valence-corrected chi connectivity index (χ4v) is 3.68. The maximum Gasteiger partial charge on any atom is 0.338 e. The summed E-state index contributed by atoms with van der Waals surface area (Å²) in [6.07, 6.45) is 2.12. The molecule has 0 aliphatic carbocycles. The van der Waals surface area contributed by atoms with Gasteiger partial charge in [-0.25, -0.2) is 22.9 Å². The molecule has 1 aliphatic rings. The smallest absolute Gasteiger partial charge is 0.338 e. The largest absolute Gasteiger partial charge is 0.449 e. The van der Waals surface area contributed by atoms with Crippen molar-refractivity contribution in [2.45, 2.75) is 45.3 Å². The van der Waals surface area contributed by atoms with E-state index < -0.39 is 41.1 Å². The van der Waals surface area contributed by atoms with Crippen LogP contribution < -0.4 is 10.9 Å². The first-order chi connectivity index (χ1) is 15.8. The Morgan fingerprint density at radius 3 is 2.67 bits per heavy atom. The number of aryl methyl sites for hydroxylation is 1. The minimum Gasteiger partial charge on any atom is -0.449 e. The van der Waals surface area contributed by atoms with E-state index in [0.29, 0.717) is 35.8 Å². The van der Waals surface area contributed by atoms with Crippen molar-refractivity contribution in [3.05, 3.63) is 69.5 Å². The lowest BCUT2D eigenvalue weighted by atomic mass is 10.1. The van der Waals surface area contributed by atoms with Gasteiger partial charge in [0.1, 0.15) is 5.82 Å². The summed E-state index contributed by atoms with van der Waals surface area (Å²) in [5, 5.41) is 2.43. The third-order valence-electron chi connectivity index (χ3n) is 5.50. The number of rotatable bonds is 4. The van der Waals surface area contributed by atoms with E-state index in [4.69, 9.17) is 4.74 Å². The van der Waals surface area contributed by atoms with Crippen molar-refractivity contribution in [2.24, 2.45) is 0 Å². The molecule has 1 aromatic heterocycles. The van der Waals surface area contributed by atoms with Gasteiger partial charge in [-0.05, 0) is 50.1 Å². The second-order valence-electron chi connectivity index (χ2n) is 7.79. The standard InChI is InChI=1S/C23H20F3N3O4/c1-12(21(30)28-16-9-8-15(24)19(25)20(16)26)33-23(32)13-6-7-14-17(11-13)27-18-5-3-2-4-10-29(18)22(14)31/h6-9,11-12H,2-5,10H2,1H3,(H,28,30). The van der Waals surface area contributed by atoms with Crippen LogP contribution in [0.25, 0.3) is 10.9 Å². The van der Waals surface area contributed by atoms with Crippen LogP contribution in [-0.2, 0) is 22.5 Å². The molecule has 0 spiro atoms. The second kappa shape index (κ2) is 9.05. The number of aromatic nitrogens is 2. The summed E-state index contributed by atoms with van der Waals surface area (Å²) in [5.74, 6) is -5.82. The van der Waals surface area contributed by atoms with Crippen LogP contribution in [0.5, 0.6) is 0 Å². The fraction of sp³-hybridized carbons (Fsp3) is 0.304. The number of ether oxygens (including phenoxy) is 1. The van der Waals surface area contributed by atoms with Crippen LogP contribution in [0, 0.1) is 17.5 Å². The topological polar surface area (TPSA) is 90.3 Å². The highest BCUT2D eigenvalue weighted by molar-refractivity contribution is 5.98. The third kappa shape index (κ3) is 4.46. The number of fused-ring (bicyclic) bond motifs is 2. The predicted octanol–water partition coefficient (Wildman–Crippen LogP) is 3.72. The van der Waals surface area contributed by atoms with E-state index in [1.807, 2.05) is 0 Å². The van der Waals surface area contributed by atoms with Gasteiger partial charge in [0.25, 0.3) is 11.5 Å². The Morgan fingerprint density at radius 1 is 1.09 bits per heavy atom. The molecule has 33 heavy (non-hydrogen) atoms. The predicted molar refractivity (Wildman–Crippen MR) is 113 cm³/mol. The zero-order chi connectivity index (χ0) is 23.7. The normalized spacial score (nSPS) is 14.3. The Labute approximate surface area is 186 Å². The van der Waals surface area contributed by atoms with Gasteiger partial charge in [-0.15, -0.1) is 0 Å². The molecule has 1 N–H and O–H groups in total. The number of halogens is 3. The molecule has 3 aromatic rings. The number of anilines is 1. The van der Waals surface area contributed by atoms with Gasteiger partial charge in [-0.3, -0.25) is 14.2 Å². The van der Waals surface area contributed by atoms with E-state index >= 15 is 0 Å². The lowest BCUT2D eigenvalue weighted by molar-refractivity contribution is -0.123. The van der Waals surface area contributed by atoms with E-state index in [1.165, 1.54) is 25.1 Å². The van der Waals surface area contributed by atoms with Gasteiger partial charge in [0, 0.05) is 13.0 Å². The van der Waals surface area contributed by atoms with Crippen molar-refractivity contribution in [3.63, 3.8) is 0 Å². The average molecular weight is 459 g/mol. The average Bonchev–Trinajstić information content (AvgIpc) is 3.04. The number of hydrogen-bond donors (Lipinski definition) is 1. The number of benzene rings is 2. The molecule has 0 fully saturated rings. The molecule has 2 heterocycles. The molecule has 2 aromatic carbocycles. The molecule has 4 rings (SSSR count). The Bertz CT molecular complexity index is 1320. The van der Waals surface area contributed by atoms with Gasteiger partial charge in [-0.2, -0.15) is 0 Å². The van der Waals surface area contributed by atoms with Gasteiger partial charge in [0.05, 0.1) is 22.2 Å². The second-order valence-corrected chi connectivity index (χ2v) is 7.79. The van der Waals surface area contributed by atoms with Crippen molar-refractivity contribution in [1.82, 2.24) is 9.55 Å². The van der Waals surface area contributed by atoms with Crippen LogP contribution in [0.3, 0.4) is 0 Å². The number of amides is 1. The van der Waals surface area contributed by atoms with Gasteiger partial charge in [-0.1, -0.05) is 6.42 Å². The fourth-order valence-electron chi connectivity index (χ4n) is 3.68. The molecule has 0 saturated heterocycles. The lowest BCUT2D eigenvalue weighted by Gasteiger charge is -2.15. The Balaban J connectivity index is 1.52. The van der Waals surface area contributed by atoms with E-state index in [1.54, 1.807) is 4.57 Å². The zero-order valence-electron chi connectivity index (χ0n) is 17.7. The highest BCUT2D eigenvalue weighted by Crippen LogP contribution is 2.21. The van der Waals surface area contributed by atoms with Crippen LogP contribution in [0.1, 0.15) is 42.4 Å². The summed E-state index contributed by atoms with van der Waals surface area (Å²) in [4.78, 5) is 42.1. The summed E-state index contributed by atoms with van der Waals surface area (Å²) < 4.78 is 46.9. The molecule has 172 valence electrons. The van der Waals surface area contributed by atoms with Crippen molar-refractivity contribution in [2.75, 3.05) is 5.32 Å². The minimum atomic E-state index is -1.73. The molecule has 0 radical (unpaired) electrons. The quantitative estimate of drug-likeness (QED) is 0.474. The molecule has 0 bridgehead atoms. The van der Waals surface area contributed by atoms with E-state index in [2.05, 4.69) is 10.3 Å². The Morgan fingerprint density at radius 2 is 1.88 bits per heavy atom. The number of carbonyl (C=O) groups excluding carboxylic acids is 2. The van der Waals surface area contributed by atoms with Crippen LogP contribution in [0.15, 0.2) is 35.1 Å². The maximum atomic E-state index is 13.8. The van der Waals surface area contributed by atoms with Crippen molar-refractivity contribution in [1.29, 1.82) is 0 Å². The lowest BCUT2D eigenvalue weighted by Crippen LogP contribution is -2.30. The van der Waals surface area contributed by atoms with Gasteiger partial charge in [0.2, 0.25) is 0 Å². The number of nitrogens with one attached hydrogen (secondary N) is 1. The van der Waals surface area contributed by atoms with Gasteiger partial charge < -0.3 is 10.1 Å². The van der Waals surface area contributed by atoms with Crippen molar-refractivity contribution in [3.8, 4) is 0 Å². The highest BCUT2D eigenvalue weighted by Gasteiger charge is 2.23. The number of esters is 1. The molecular formula is C23H20F3N3O4. The first kappa shape index (κ1) is 22.5. The summed E-state index contributed by atoms with van der Waals surface area (Å²) in [6.45, 7) is 1.85. The molecule has 1 aliphatic heterocycles. The number of hydrogen-bond acceptors (Lipinski definition) is 5. The van der Waals surface area contributed by atoms with Gasteiger partial charge in [0.15, 0.2) is 23.6 Å². The monoisotopic (exact) mass is 459 g/mol. The van der Waals surface area contributed by atoms with E-state index in [-0.39, 0.29) is 11.1 Å². The van der Waals surface area contributed by atoms with E-state index in [9.17, 15) is 27.6 Å². The Hall–Kier alpha value is -3.69. The Kier molecular flexibility index (Phi) is 6.17. The summed E-state index contributed by atoms with van der Waals surface area (Å²) in [6, 6.07) is 5.83. The third-order valence-corrected chi connectivity index (χ3v) is 5.50. The van der Waals surface area contributed by atoms with Crippen molar-refractivity contribution < 1.29 is 27.5 Å². The molecule has 0 saturated carbocycles. The summed E-state index contributed by atoms with van der Waals surface area (Å²) >= 11 is 0. The van der Waals surface area contributed by atoms with Crippen LogP contribution >= 0.6 is 0 Å². The van der Waals surface area contributed by atoms with Crippen LogP contribution in [0.2, 0.25) is 0 Å². The molecule has 10 heteroatoms. The van der Waals surface area contributed by atoms with Gasteiger partial charge >= 0.3 is 5.97 Å². The molecule has 7 nitrogen and oxygen atoms in total. The summed E-state index contributed by atoms with van der Waals surface area (Å²) in [7, 11) is 0. The number of carbonyl (C=O) groups is 2. The minimum absolute atomic E-state index is 0.0756. The molecule has 1 atom stereocenters. The zero-order valence-corrected chi connectivity index (χ0v) is 17.7. The summed E-state index contributed by atoms with van der Waals surface area (Å²) in [5.41, 5.74) is -0.328.